The van der Waals surface area contributed by atoms with Gasteiger partial charge in [0.05, 0.1) is 18.8 Å². The number of rotatable bonds is 9. The maximum Gasteiger partial charge on any atom is 0.191 e. The lowest BCUT2D eigenvalue weighted by Gasteiger charge is -2.35. The standard InChI is InChI=1S/C20H39N7.HI/c1-6-18-10-8-9-12-27(18)13-11-22-20(21-7-2)23-15-19(25(3)4)17-14-24-26(5)16-17;/h14,16,18-19H,6-13,15H2,1-5H3,(H2,21,22,23);1H. The summed E-state index contributed by atoms with van der Waals surface area (Å²) in [6.07, 6.45) is 9.32. The summed E-state index contributed by atoms with van der Waals surface area (Å²) in [5.41, 5.74) is 1.20. The van der Waals surface area contributed by atoms with Crippen molar-refractivity contribution in [2.45, 2.75) is 51.6 Å². The van der Waals surface area contributed by atoms with Crippen LogP contribution in [0.25, 0.3) is 0 Å². The number of aryl methyl sites for hydroxylation is 1. The van der Waals surface area contributed by atoms with Gasteiger partial charge in [0.1, 0.15) is 0 Å². The van der Waals surface area contributed by atoms with Crippen molar-refractivity contribution in [1.29, 1.82) is 0 Å². The molecular weight excluding hydrogens is 465 g/mol. The molecule has 1 fully saturated rings. The van der Waals surface area contributed by atoms with Gasteiger partial charge in [0.2, 0.25) is 0 Å². The summed E-state index contributed by atoms with van der Waals surface area (Å²) in [5, 5.41) is 11.2. The van der Waals surface area contributed by atoms with Crippen molar-refractivity contribution in [1.82, 2.24) is 30.2 Å². The molecule has 1 aromatic rings. The first-order valence-corrected chi connectivity index (χ1v) is 10.5. The van der Waals surface area contributed by atoms with Crippen LogP contribution in [0.4, 0.5) is 0 Å². The molecule has 2 N–H and O–H groups in total. The topological polar surface area (TPSA) is 60.7 Å². The van der Waals surface area contributed by atoms with Crippen molar-refractivity contribution in [2.75, 3.05) is 46.8 Å². The first-order valence-electron chi connectivity index (χ1n) is 10.5. The predicted octanol–water partition coefficient (Wildman–Crippen LogP) is 2.46. The van der Waals surface area contributed by atoms with E-state index >= 15 is 0 Å². The van der Waals surface area contributed by atoms with Gasteiger partial charge in [-0.05, 0) is 46.8 Å². The van der Waals surface area contributed by atoms with Gasteiger partial charge in [0, 0.05) is 44.5 Å². The second-order valence-corrected chi connectivity index (χ2v) is 7.67. The van der Waals surface area contributed by atoms with E-state index in [1.807, 2.05) is 17.9 Å². The summed E-state index contributed by atoms with van der Waals surface area (Å²) >= 11 is 0. The highest BCUT2D eigenvalue weighted by Gasteiger charge is 2.20. The number of likely N-dealkylation sites (tertiary alicyclic amines) is 1. The number of nitrogens with zero attached hydrogens (tertiary/aromatic N) is 5. The van der Waals surface area contributed by atoms with Crippen LogP contribution >= 0.6 is 24.0 Å². The normalized spacial score (nSPS) is 19.4. The number of hydrogen-bond donors (Lipinski definition) is 2. The smallest absolute Gasteiger partial charge is 0.191 e. The number of aromatic nitrogens is 2. The third-order valence-corrected chi connectivity index (χ3v) is 5.41. The molecule has 1 aromatic heterocycles. The molecule has 0 aliphatic carbocycles. The lowest BCUT2D eigenvalue weighted by molar-refractivity contribution is 0.147. The van der Waals surface area contributed by atoms with E-state index in [1.54, 1.807) is 0 Å². The van der Waals surface area contributed by atoms with Crippen LogP contribution in [0.3, 0.4) is 0 Å². The van der Waals surface area contributed by atoms with E-state index in [0.717, 1.165) is 31.6 Å². The second kappa shape index (κ2) is 13.4. The van der Waals surface area contributed by atoms with E-state index in [4.69, 9.17) is 4.99 Å². The van der Waals surface area contributed by atoms with Gasteiger partial charge in [-0.15, -0.1) is 24.0 Å². The molecule has 0 aromatic carbocycles. The average Bonchev–Trinajstić information content (AvgIpc) is 3.08. The van der Waals surface area contributed by atoms with Gasteiger partial charge < -0.3 is 15.5 Å². The molecule has 0 saturated carbocycles. The third-order valence-electron chi connectivity index (χ3n) is 5.41. The highest BCUT2D eigenvalue weighted by Crippen LogP contribution is 2.19. The van der Waals surface area contributed by atoms with Crippen LogP contribution in [0.1, 0.15) is 51.1 Å². The molecule has 28 heavy (non-hydrogen) atoms. The summed E-state index contributed by atoms with van der Waals surface area (Å²) < 4.78 is 1.85. The first kappa shape index (κ1) is 25.2. The van der Waals surface area contributed by atoms with Crippen LogP contribution in [0.2, 0.25) is 0 Å². The van der Waals surface area contributed by atoms with Crippen molar-refractivity contribution in [3.63, 3.8) is 0 Å². The number of halogens is 1. The fraction of sp³-hybridized carbons (Fsp3) is 0.800. The largest absolute Gasteiger partial charge is 0.357 e. The van der Waals surface area contributed by atoms with Gasteiger partial charge in [-0.25, -0.2) is 0 Å². The number of hydrogen-bond acceptors (Lipinski definition) is 4. The van der Waals surface area contributed by atoms with Crippen molar-refractivity contribution in [2.24, 2.45) is 12.0 Å². The van der Waals surface area contributed by atoms with E-state index in [-0.39, 0.29) is 30.0 Å². The van der Waals surface area contributed by atoms with Gasteiger partial charge in [0.25, 0.3) is 0 Å². The molecule has 1 aliphatic rings. The molecule has 0 spiro atoms. The third kappa shape index (κ3) is 7.87. The van der Waals surface area contributed by atoms with Gasteiger partial charge in [-0.1, -0.05) is 13.3 Å². The minimum absolute atomic E-state index is 0. The Morgan fingerprint density at radius 3 is 2.71 bits per heavy atom. The van der Waals surface area contributed by atoms with Crippen molar-refractivity contribution in [3.05, 3.63) is 18.0 Å². The molecule has 2 rings (SSSR count). The number of piperidine rings is 1. The lowest BCUT2D eigenvalue weighted by Crippen LogP contribution is -2.46. The SMILES string of the molecule is CCNC(=NCC(c1cnn(C)c1)N(C)C)NCCN1CCCCC1CC.I. The summed E-state index contributed by atoms with van der Waals surface area (Å²) in [6.45, 7) is 9.24. The molecule has 7 nitrogen and oxygen atoms in total. The van der Waals surface area contributed by atoms with Gasteiger partial charge in [-0.3, -0.25) is 14.6 Å². The van der Waals surface area contributed by atoms with Crippen LogP contribution in [-0.4, -0.2) is 78.4 Å². The Balaban J connectivity index is 0.00000392. The van der Waals surface area contributed by atoms with Crippen LogP contribution < -0.4 is 10.6 Å². The Morgan fingerprint density at radius 2 is 2.11 bits per heavy atom. The molecule has 1 saturated heterocycles. The van der Waals surface area contributed by atoms with Crippen LogP contribution in [-0.2, 0) is 7.05 Å². The zero-order chi connectivity index (χ0) is 19.6. The number of guanidine groups is 1. The Kier molecular flexibility index (Phi) is 12.0. The highest BCUT2D eigenvalue weighted by atomic mass is 127. The monoisotopic (exact) mass is 505 g/mol. The van der Waals surface area contributed by atoms with Gasteiger partial charge >= 0.3 is 0 Å². The fourth-order valence-electron chi connectivity index (χ4n) is 3.83. The van der Waals surface area contributed by atoms with E-state index in [0.29, 0.717) is 6.54 Å². The predicted molar refractivity (Wildman–Crippen MR) is 129 cm³/mol. The van der Waals surface area contributed by atoms with E-state index < -0.39 is 0 Å². The minimum atomic E-state index is 0. The molecule has 2 heterocycles. The van der Waals surface area contributed by atoms with E-state index in [2.05, 4.69) is 59.7 Å². The molecule has 162 valence electrons. The molecule has 0 radical (unpaired) electrons. The van der Waals surface area contributed by atoms with Crippen molar-refractivity contribution >= 4 is 29.9 Å². The molecule has 2 unspecified atom stereocenters. The number of aliphatic imine (C=N–C) groups is 1. The summed E-state index contributed by atoms with van der Waals surface area (Å²) in [6, 6.07) is 0.976. The van der Waals surface area contributed by atoms with E-state index in [1.165, 1.54) is 37.8 Å². The highest BCUT2D eigenvalue weighted by molar-refractivity contribution is 14.0. The summed E-state index contributed by atoms with van der Waals surface area (Å²) in [7, 11) is 6.14. The Morgan fingerprint density at radius 1 is 1.32 bits per heavy atom. The number of nitrogens with one attached hydrogen (secondary N) is 2. The summed E-state index contributed by atoms with van der Waals surface area (Å²) in [4.78, 5) is 9.68. The molecule has 0 bridgehead atoms. The maximum absolute atomic E-state index is 4.84. The molecule has 8 heteroatoms. The zero-order valence-corrected chi connectivity index (χ0v) is 20.6. The van der Waals surface area contributed by atoms with Crippen molar-refractivity contribution < 1.29 is 0 Å². The quantitative estimate of drug-likeness (QED) is 0.307. The molecule has 1 aliphatic heterocycles. The maximum atomic E-state index is 4.84. The van der Waals surface area contributed by atoms with Crippen LogP contribution in [0.15, 0.2) is 17.4 Å². The molecule has 0 amide bonds. The zero-order valence-electron chi connectivity index (χ0n) is 18.3. The summed E-state index contributed by atoms with van der Waals surface area (Å²) in [5.74, 6) is 0.901. The average molecular weight is 505 g/mol. The van der Waals surface area contributed by atoms with Crippen LogP contribution in [0, 0.1) is 0 Å². The number of likely N-dealkylation sites (N-methyl/N-ethyl adjacent to an activating group) is 1. The molecule has 2 atom stereocenters. The Labute approximate surface area is 188 Å². The Bertz CT molecular complexity index is 573. The first-order chi connectivity index (χ1) is 13.0. The lowest BCUT2D eigenvalue weighted by atomic mass is 10.0. The van der Waals surface area contributed by atoms with E-state index in [9.17, 15) is 0 Å². The second-order valence-electron chi connectivity index (χ2n) is 7.67. The fourth-order valence-corrected chi connectivity index (χ4v) is 3.83. The van der Waals surface area contributed by atoms with Gasteiger partial charge in [-0.2, -0.15) is 5.10 Å². The van der Waals surface area contributed by atoms with Gasteiger partial charge in [0.15, 0.2) is 5.96 Å². The minimum Gasteiger partial charge on any atom is -0.357 e. The Hall–Kier alpha value is -0.870. The van der Waals surface area contributed by atoms with Crippen LogP contribution in [0.5, 0.6) is 0 Å². The van der Waals surface area contributed by atoms with Crippen molar-refractivity contribution in [3.8, 4) is 0 Å². The molecular formula is C20H40IN7.